The number of thioether (sulfide) groups is 1. The number of hydrogen-bond acceptors (Lipinski definition) is 7. The number of carbonyl (C=O) groups excluding carboxylic acids is 1. The Bertz CT molecular complexity index is 980. The lowest BCUT2D eigenvalue weighted by atomic mass is 9.70. The second-order valence-corrected chi connectivity index (χ2v) is 9.03. The highest BCUT2D eigenvalue weighted by molar-refractivity contribution is 7.99. The monoisotopic (exact) mass is 399 g/mol. The fourth-order valence-electron chi connectivity index (χ4n) is 4.48. The molecule has 0 radical (unpaired) electrons. The molecular weight excluding hydrogens is 378 g/mol. The van der Waals surface area contributed by atoms with Gasteiger partial charge in [0.25, 0.3) is 5.69 Å². The standard InChI is InChI=1S/C19H21N5O3S/c1-18(2)11-8-9-19(18,3)16-15(11)22-23-17(21-16)28-10-14(25)20-12-6-4-5-7-13(12)24(26)27/h4-7,11H,8-10H2,1-3H3,(H,20,25)/t11-,19-/m1/s1. The smallest absolute Gasteiger partial charge is 0.292 e. The van der Waals surface area contributed by atoms with Gasteiger partial charge in [0, 0.05) is 17.4 Å². The lowest BCUT2D eigenvalue weighted by molar-refractivity contribution is -0.383. The van der Waals surface area contributed by atoms with E-state index in [9.17, 15) is 14.9 Å². The number of fused-ring (bicyclic) bond motifs is 5. The van der Waals surface area contributed by atoms with Gasteiger partial charge in [-0.3, -0.25) is 14.9 Å². The van der Waals surface area contributed by atoms with Gasteiger partial charge in [0.2, 0.25) is 11.1 Å². The van der Waals surface area contributed by atoms with Crippen LogP contribution >= 0.6 is 11.8 Å². The number of nitro benzene ring substituents is 1. The third-order valence-electron chi connectivity index (χ3n) is 6.48. The maximum absolute atomic E-state index is 12.3. The van der Waals surface area contributed by atoms with Crippen molar-refractivity contribution in [1.82, 2.24) is 15.2 Å². The van der Waals surface area contributed by atoms with Crippen molar-refractivity contribution in [3.05, 3.63) is 45.8 Å². The fraction of sp³-hybridized carbons (Fsp3) is 0.474. The number of anilines is 1. The van der Waals surface area contributed by atoms with E-state index in [1.807, 2.05) is 0 Å². The molecule has 2 aliphatic rings. The van der Waals surface area contributed by atoms with Crippen LogP contribution in [0.15, 0.2) is 29.4 Å². The Kier molecular flexibility index (Phi) is 4.37. The van der Waals surface area contributed by atoms with Gasteiger partial charge in [-0.1, -0.05) is 44.7 Å². The van der Waals surface area contributed by atoms with Crippen molar-refractivity contribution in [2.45, 2.75) is 50.1 Å². The minimum Gasteiger partial charge on any atom is -0.320 e. The molecule has 146 valence electrons. The third kappa shape index (κ3) is 2.76. The van der Waals surface area contributed by atoms with E-state index in [2.05, 4.69) is 36.3 Å². The number of nitrogens with zero attached hydrogens (tertiary/aromatic N) is 4. The first-order valence-electron chi connectivity index (χ1n) is 9.15. The zero-order valence-electron chi connectivity index (χ0n) is 15.9. The second kappa shape index (κ2) is 6.51. The van der Waals surface area contributed by atoms with E-state index >= 15 is 0 Å². The van der Waals surface area contributed by atoms with E-state index in [0.29, 0.717) is 11.1 Å². The Hall–Kier alpha value is -2.55. The number of nitro groups is 1. The second-order valence-electron chi connectivity index (χ2n) is 8.08. The van der Waals surface area contributed by atoms with Gasteiger partial charge in [-0.05, 0) is 24.3 Å². The molecule has 0 aliphatic heterocycles. The highest BCUT2D eigenvalue weighted by atomic mass is 32.2. The van der Waals surface area contributed by atoms with Gasteiger partial charge in [-0.2, -0.15) is 5.10 Å². The molecule has 0 saturated heterocycles. The molecular formula is C19H21N5O3S. The third-order valence-corrected chi connectivity index (χ3v) is 7.32. The van der Waals surface area contributed by atoms with Crippen LogP contribution in [-0.4, -0.2) is 31.8 Å². The van der Waals surface area contributed by atoms with Crippen LogP contribution in [0.4, 0.5) is 11.4 Å². The largest absolute Gasteiger partial charge is 0.320 e. The van der Waals surface area contributed by atoms with Crippen molar-refractivity contribution in [3.8, 4) is 0 Å². The maximum atomic E-state index is 12.3. The van der Waals surface area contributed by atoms with Crippen molar-refractivity contribution >= 4 is 29.0 Å². The van der Waals surface area contributed by atoms with Crippen LogP contribution in [0.25, 0.3) is 0 Å². The van der Waals surface area contributed by atoms with Crippen molar-refractivity contribution < 1.29 is 9.72 Å². The van der Waals surface area contributed by atoms with Gasteiger partial charge in [-0.25, -0.2) is 4.98 Å². The van der Waals surface area contributed by atoms with Crippen LogP contribution in [0.1, 0.15) is 50.9 Å². The van der Waals surface area contributed by atoms with Crippen molar-refractivity contribution in [2.75, 3.05) is 11.1 Å². The molecule has 2 aromatic rings. The molecule has 28 heavy (non-hydrogen) atoms. The Morgan fingerprint density at radius 3 is 2.82 bits per heavy atom. The molecule has 1 heterocycles. The Labute approximate surface area is 166 Å². The van der Waals surface area contributed by atoms with E-state index in [0.717, 1.165) is 24.2 Å². The molecule has 0 unspecified atom stereocenters. The van der Waals surface area contributed by atoms with Gasteiger partial charge in [-0.15, -0.1) is 5.10 Å². The van der Waals surface area contributed by atoms with Crippen LogP contribution in [-0.2, 0) is 10.2 Å². The quantitative estimate of drug-likeness (QED) is 0.464. The van der Waals surface area contributed by atoms with Crippen molar-refractivity contribution in [1.29, 1.82) is 0 Å². The van der Waals surface area contributed by atoms with Crippen LogP contribution in [0.3, 0.4) is 0 Å². The number of amides is 1. The number of aromatic nitrogens is 3. The highest BCUT2D eigenvalue weighted by Gasteiger charge is 2.61. The average molecular weight is 399 g/mol. The van der Waals surface area contributed by atoms with Gasteiger partial charge in [0.15, 0.2) is 0 Å². The van der Waals surface area contributed by atoms with Gasteiger partial charge in [0.1, 0.15) is 5.69 Å². The molecule has 2 atom stereocenters. The van der Waals surface area contributed by atoms with E-state index in [1.165, 1.54) is 23.9 Å². The number of carbonyl (C=O) groups is 1. The maximum Gasteiger partial charge on any atom is 0.292 e. The van der Waals surface area contributed by atoms with Crippen LogP contribution in [0.2, 0.25) is 0 Å². The molecule has 2 aliphatic carbocycles. The Morgan fingerprint density at radius 2 is 2.07 bits per heavy atom. The summed E-state index contributed by atoms with van der Waals surface area (Å²) in [6, 6.07) is 6.06. The molecule has 2 bridgehead atoms. The summed E-state index contributed by atoms with van der Waals surface area (Å²) in [6.07, 6.45) is 2.19. The zero-order chi connectivity index (χ0) is 20.1. The van der Waals surface area contributed by atoms with Gasteiger partial charge in [0.05, 0.1) is 22.1 Å². The highest BCUT2D eigenvalue weighted by Crippen LogP contribution is 2.66. The summed E-state index contributed by atoms with van der Waals surface area (Å²) in [6.45, 7) is 6.77. The minimum atomic E-state index is -0.520. The first kappa shape index (κ1) is 18.8. The number of nitrogens with one attached hydrogen (secondary N) is 1. The summed E-state index contributed by atoms with van der Waals surface area (Å²) in [5.74, 6) is 0.0840. The topological polar surface area (TPSA) is 111 Å². The summed E-state index contributed by atoms with van der Waals surface area (Å²) < 4.78 is 0. The minimum absolute atomic E-state index is 0.0227. The van der Waals surface area contributed by atoms with Crippen molar-refractivity contribution in [2.24, 2.45) is 5.41 Å². The van der Waals surface area contributed by atoms with Gasteiger partial charge < -0.3 is 5.32 Å². The molecule has 0 spiro atoms. The van der Waals surface area contributed by atoms with Crippen LogP contribution in [0, 0.1) is 15.5 Å². The number of para-hydroxylation sites is 2. The Balaban J connectivity index is 1.46. The first-order chi connectivity index (χ1) is 13.2. The first-order valence-corrected chi connectivity index (χ1v) is 10.1. The van der Waals surface area contributed by atoms with E-state index in [4.69, 9.17) is 4.98 Å². The van der Waals surface area contributed by atoms with E-state index in [-0.39, 0.29) is 33.9 Å². The molecule has 1 aromatic carbocycles. The molecule has 1 fully saturated rings. The zero-order valence-corrected chi connectivity index (χ0v) is 16.7. The molecule has 8 nitrogen and oxygen atoms in total. The summed E-state index contributed by atoms with van der Waals surface area (Å²) in [7, 11) is 0. The molecule has 1 amide bonds. The molecule has 1 aromatic heterocycles. The lowest BCUT2D eigenvalue weighted by Crippen LogP contribution is -2.32. The summed E-state index contributed by atoms with van der Waals surface area (Å²) >= 11 is 1.19. The summed E-state index contributed by atoms with van der Waals surface area (Å²) in [5, 5.41) is 22.7. The van der Waals surface area contributed by atoms with Crippen LogP contribution in [0.5, 0.6) is 0 Å². The lowest BCUT2D eigenvalue weighted by Gasteiger charge is -2.33. The number of rotatable bonds is 5. The predicted molar refractivity (Wildman–Crippen MR) is 105 cm³/mol. The number of benzene rings is 1. The van der Waals surface area contributed by atoms with E-state index in [1.54, 1.807) is 12.1 Å². The molecule has 1 saturated carbocycles. The SMILES string of the molecule is CC1(C)[C@@H]2CC[C@]1(C)c1nc(SCC(=O)Nc3ccccc3[N+](=O)[O-])nnc12. The summed E-state index contributed by atoms with van der Waals surface area (Å²) in [5.41, 5.74) is 2.12. The predicted octanol–water partition coefficient (Wildman–Crippen LogP) is 3.69. The molecule has 9 heteroatoms. The number of hydrogen-bond donors (Lipinski definition) is 1. The Morgan fingerprint density at radius 1 is 1.32 bits per heavy atom. The summed E-state index contributed by atoms with van der Waals surface area (Å²) in [4.78, 5) is 27.5. The molecule has 4 rings (SSSR count). The fourth-order valence-corrected chi connectivity index (χ4v) is 5.07. The van der Waals surface area contributed by atoms with Crippen molar-refractivity contribution in [3.63, 3.8) is 0 Å². The average Bonchev–Trinajstić information content (AvgIpc) is 2.99. The molecule has 1 N–H and O–H groups in total. The normalized spacial score (nSPS) is 24.0. The van der Waals surface area contributed by atoms with Gasteiger partial charge >= 0.3 is 0 Å². The van der Waals surface area contributed by atoms with Crippen LogP contribution < -0.4 is 5.32 Å². The van der Waals surface area contributed by atoms with E-state index < -0.39 is 4.92 Å².